The minimum atomic E-state index is -0.492. The molecule has 0 aromatic heterocycles. The van der Waals surface area contributed by atoms with Gasteiger partial charge in [-0.1, -0.05) is 18.5 Å². The van der Waals surface area contributed by atoms with Crippen LogP contribution in [0.2, 0.25) is 5.02 Å². The smallest absolute Gasteiger partial charge is 0.310 e. The molecule has 0 radical (unpaired) electrons. The highest BCUT2D eigenvalue weighted by molar-refractivity contribution is 6.33. The number of amides is 1. The van der Waals surface area contributed by atoms with Gasteiger partial charge in [-0.05, 0) is 24.1 Å². The number of ether oxygens (including phenoxy) is 1. The van der Waals surface area contributed by atoms with E-state index in [1.54, 1.807) is 4.90 Å². The van der Waals surface area contributed by atoms with Crippen LogP contribution in [0.5, 0.6) is 0 Å². The summed E-state index contributed by atoms with van der Waals surface area (Å²) in [5.74, 6) is -1.42. The molecule has 2 rings (SSSR count). The molecule has 1 aromatic carbocycles. The summed E-state index contributed by atoms with van der Waals surface area (Å²) >= 11 is 5.89. The second-order valence-corrected chi connectivity index (χ2v) is 5.35. The highest BCUT2D eigenvalue weighted by atomic mass is 35.5. The number of benzene rings is 1. The Morgan fingerprint density at radius 3 is 2.70 bits per heavy atom. The molecule has 20 heavy (non-hydrogen) atoms. The van der Waals surface area contributed by atoms with Gasteiger partial charge in [0.2, 0.25) is 0 Å². The average Bonchev–Trinajstić information content (AvgIpc) is 2.79. The molecule has 0 spiro atoms. The van der Waals surface area contributed by atoms with Crippen LogP contribution in [0.15, 0.2) is 18.2 Å². The third-order valence-corrected chi connectivity index (χ3v) is 3.88. The van der Waals surface area contributed by atoms with Crippen molar-refractivity contribution in [2.45, 2.75) is 6.92 Å². The molecule has 108 valence electrons. The molecule has 6 heteroatoms. The lowest BCUT2D eigenvalue weighted by molar-refractivity contribution is -0.146. The Balaban J connectivity index is 2.17. The number of nitrogens with zero attached hydrogens (tertiary/aromatic N) is 1. The summed E-state index contributed by atoms with van der Waals surface area (Å²) in [6, 6.07) is 3.65. The first-order valence-corrected chi connectivity index (χ1v) is 6.64. The van der Waals surface area contributed by atoms with Crippen molar-refractivity contribution in [1.82, 2.24) is 4.90 Å². The first-order chi connectivity index (χ1) is 9.43. The Morgan fingerprint density at radius 2 is 2.10 bits per heavy atom. The molecule has 0 aliphatic carbocycles. The first kappa shape index (κ1) is 14.8. The zero-order chi connectivity index (χ0) is 14.9. The van der Waals surface area contributed by atoms with Gasteiger partial charge in [-0.15, -0.1) is 0 Å². The predicted molar refractivity (Wildman–Crippen MR) is 72.0 cm³/mol. The normalized spacial score (nSPS) is 21.9. The maximum absolute atomic E-state index is 13.0. The van der Waals surface area contributed by atoms with Crippen molar-refractivity contribution < 1.29 is 18.7 Å². The van der Waals surface area contributed by atoms with Crippen LogP contribution in [0.1, 0.15) is 17.3 Å². The maximum Gasteiger partial charge on any atom is 0.310 e. The van der Waals surface area contributed by atoms with E-state index in [-0.39, 0.29) is 34.3 Å². The van der Waals surface area contributed by atoms with Gasteiger partial charge in [0.15, 0.2) is 0 Å². The number of halogens is 2. The largest absolute Gasteiger partial charge is 0.469 e. The molecule has 1 amide bonds. The number of hydrogen-bond acceptors (Lipinski definition) is 3. The zero-order valence-corrected chi connectivity index (χ0v) is 12.0. The Labute approximate surface area is 121 Å². The molecule has 4 nitrogen and oxygen atoms in total. The van der Waals surface area contributed by atoms with E-state index >= 15 is 0 Å². The van der Waals surface area contributed by atoms with Crippen molar-refractivity contribution in [3.8, 4) is 0 Å². The van der Waals surface area contributed by atoms with Crippen molar-refractivity contribution in [2.24, 2.45) is 11.8 Å². The number of hydrogen-bond donors (Lipinski definition) is 0. The fraction of sp³-hybridized carbons (Fsp3) is 0.429. The molecule has 1 aromatic rings. The standard InChI is InChI=1S/C14H15ClFNO3/c1-8-6-17(7-11(8)14(19)20-2)13(18)10-4-3-9(16)5-12(10)15/h3-5,8,11H,6-7H2,1-2H3. The second-order valence-electron chi connectivity index (χ2n) is 4.94. The molecule has 0 bridgehead atoms. The van der Waals surface area contributed by atoms with Crippen LogP contribution in [-0.4, -0.2) is 37.0 Å². The minimum Gasteiger partial charge on any atom is -0.469 e. The third kappa shape index (κ3) is 2.77. The number of esters is 1. The lowest BCUT2D eigenvalue weighted by atomic mass is 9.99. The van der Waals surface area contributed by atoms with Gasteiger partial charge in [0.25, 0.3) is 5.91 Å². The Kier molecular flexibility index (Phi) is 4.28. The minimum absolute atomic E-state index is 0.0191. The van der Waals surface area contributed by atoms with Gasteiger partial charge in [0.1, 0.15) is 5.82 Å². The van der Waals surface area contributed by atoms with Crippen molar-refractivity contribution in [1.29, 1.82) is 0 Å². The quantitative estimate of drug-likeness (QED) is 0.788. The molecule has 2 unspecified atom stereocenters. The van der Waals surface area contributed by atoms with E-state index in [1.807, 2.05) is 6.92 Å². The monoisotopic (exact) mass is 299 g/mol. The van der Waals surface area contributed by atoms with Gasteiger partial charge >= 0.3 is 5.97 Å². The SMILES string of the molecule is COC(=O)C1CN(C(=O)c2ccc(F)cc2Cl)CC1C. The summed E-state index contributed by atoms with van der Waals surface area (Å²) in [4.78, 5) is 25.5. The Bertz CT molecular complexity index is 549. The van der Waals surface area contributed by atoms with Gasteiger partial charge < -0.3 is 9.64 Å². The fourth-order valence-corrected chi connectivity index (χ4v) is 2.67. The van der Waals surface area contributed by atoms with Crippen molar-refractivity contribution in [3.63, 3.8) is 0 Å². The van der Waals surface area contributed by atoms with E-state index < -0.39 is 5.82 Å². The maximum atomic E-state index is 13.0. The number of likely N-dealkylation sites (tertiary alicyclic amines) is 1. The molecule has 1 aliphatic heterocycles. The number of carbonyl (C=O) groups excluding carboxylic acids is 2. The van der Waals surface area contributed by atoms with E-state index in [0.717, 1.165) is 6.07 Å². The van der Waals surface area contributed by atoms with Gasteiger partial charge in [-0.2, -0.15) is 0 Å². The molecular weight excluding hydrogens is 285 g/mol. The predicted octanol–water partition coefficient (Wildman–Crippen LogP) is 2.36. The van der Waals surface area contributed by atoms with E-state index in [2.05, 4.69) is 0 Å². The van der Waals surface area contributed by atoms with Crippen molar-refractivity contribution in [2.75, 3.05) is 20.2 Å². The van der Waals surface area contributed by atoms with Gasteiger partial charge in [-0.3, -0.25) is 9.59 Å². The van der Waals surface area contributed by atoms with Crippen LogP contribution in [0.3, 0.4) is 0 Å². The zero-order valence-electron chi connectivity index (χ0n) is 11.2. The number of carbonyl (C=O) groups is 2. The average molecular weight is 300 g/mol. The van der Waals surface area contributed by atoms with Crippen LogP contribution < -0.4 is 0 Å². The highest BCUT2D eigenvalue weighted by Gasteiger charge is 2.38. The van der Waals surface area contributed by atoms with E-state index in [0.29, 0.717) is 13.1 Å². The molecule has 2 atom stereocenters. The summed E-state index contributed by atoms with van der Waals surface area (Å²) < 4.78 is 17.7. The summed E-state index contributed by atoms with van der Waals surface area (Å²) in [6.45, 7) is 2.63. The third-order valence-electron chi connectivity index (χ3n) is 3.57. The van der Waals surface area contributed by atoms with Gasteiger partial charge in [-0.25, -0.2) is 4.39 Å². The topological polar surface area (TPSA) is 46.6 Å². The summed E-state index contributed by atoms with van der Waals surface area (Å²) in [5, 5.41) is 0.0733. The first-order valence-electron chi connectivity index (χ1n) is 6.26. The lowest BCUT2D eigenvalue weighted by Crippen LogP contribution is -2.30. The van der Waals surface area contributed by atoms with Crippen molar-refractivity contribution in [3.05, 3.63) is 34.6 Å². The Hall–Kier alpha value is -1.62. The molecule has 0 saturated carbocycles. The van der Waals surface area contributed by atoms with E-state index in [4.69, 9.17) is 16.3 Å². The summed E-state index contributed by atoms with van der Waals surface area (Å²) in [6.07, 6.45) is 0. The second kappa shape index (κ2) is 5.79. The molecule has 1 heterocycles. The molecule has 0 N–H and O–H groups in total. The van der Waals surface area contributed by atoms with E-state index in [1.165, 1.54) is 19.2 Å². The number of methoxy groups -OCH3 is 1. The van der Waals surface area contributed by atoms with Crippen LogP contribution in [-0.2, 0) is 9.53 Å². The van der Waals surface area contributed by atoms with Crippen LogP contribution in [0.25, 0.3) is 0 Å². The molecule has 1 saturated heterocycles. The fourth-order valence-electron chi connectivity index (χ4n) is 2.42. The Morgan fingerprint density at radius 1 is 1.40 bits per heavy atom. The lowest BCUT2D eigenvalue weighted by Gasteiger charge is -2.16. The van der Waals surface area contributed by atoms with Crippen LogP contribution in [0.4, 0.5) is 4.39 Å². The van der Waals surface area contributed by atoms with Gasteiger partial charge in [0.05, 0.1) is 23.6 Å². The number of rotatable bonds is 2. The van der Waals surface area contributed by atoms with Crippen molar-refractivity contribution >= 4 is 23.5 Å². The highest BCUT2D eigenvalue weighted by Crippen LogP contribution is 2.27. The van der Waals surface area contributed by atoms with Gasteiger partial charge in [0, 0.05) is 13.1 Å². The summed E-state index contributed by atoms with van der Waals surface area (Å²) in [5.41, 5.74) is 0.241. The van der Waals surface area contributed by atoms with Crippen LogP contribution in [0, 0.1) is 17.7 Å². The molecule has 1 aliphatic rings. The summed E-state index contributed by atoms with van der Waals surface area (Å²) in [7, 11) is 1.33. The molecular formula is C14H15ClFNO3. The molecule has 1 fully saturated rings. The van der Waals surface area contributed by atoms with E-state index in [9.17, 15) is 14.0 Å². The van der Waals surface area contributed by atoms with Crippen LogP contribution >= 0.6 is 11.6 Å².